The minimum atomic E-state index is -2.97. The van der Waals surface area contributed by atoms with Gasteiger partial charge in [-0.3, -0.25) is 4.79 Å². The van der Waals surface area contributed by atoms with E-state index >= 15 is 0 Å². The van der Waals surface area contributed by atoms with Crippen LogP contribution in [0.3, 0.4) is 0 Å². The molecule has 5 heteroatoms. The molecular weight excluding hydrogens is 180 g/mol. The molecule has 1 rings (SSSR count). The van der Waals surface area contributed by atoms with Gasteiger partial charge < -0.3 is 10.1 Å². The molecule has 1 unspecified atom stereocenters. The van der Waals surface area contributed by atoms with E-state index in [-0.39, 0.29) is 13.0 Å². The molecule has 76 valence electrons. The first-order valence-corrected chi connectivity index (χ1v) is 4.33. The summed E-state index contributed by atoms with van der Waals surface area (Å²) in [7, 11) is 0. The topological polar surface area (TPSA) is 38.3 Å². The zero-order chi connectivity index (χ0) is 9.90. The van der Waals surface area contributed by atoms with Crippen molar-refractivity contribution in [3.8, 4) is 0 Å². The highest BCUT2D eigenvalue weighted by molar-refractivity contribution is 5.73. The van der Waals surface area contributed by atoms with E-state index < -0.39 is 24.4 Å². The van der Waals surface area contributed by atoms with Gasteiger partial charge in [0, 0.05) is 0 Å². The molecule has 1 aliphatic rings. The Morgan fingerprint density at radius 1 is 1.69 bits per heavy atom. The number of carbonyl (C=O) groups is 1. The van der Waals surface area contributed by atoms with Crippen LogP contribution in [0.4, 0.5) is 8.78 Å². The Bertz CT molecular complexity index is 197. The number of hydrogen-bond donors (Lipinski definition) is 1. The zero-order valence-corrected chi connectivity index (χ0v) is 7.48. The highest BCUT2D eigenvalue weighted by Gasteiger charge is 2.46. The van der Waals surface area contributed by atoms with Gasteiger partial charge >= 0.3 is 5.97 Å². The molecule has 0 aromatic rings. The Labute approximate surface area is 75.4 Å². The summed E-state index contributed by atoms with van der Waals surface area (Å²) in [4.78, 5) is 11.1. The van der Waals surface area contributed by atoms with Gasteiger partial charge in [0.05, 0.1) is 13.2 Å². The molecule has 0 spiro atoms. The van der Waals surface area contributed by atoms with Crippen LogP contribution in [0.1, 0.15) is 13.3 Å². The molecule has 1 N–H and O–H groups in total. The largest absolute Gasteiger partial charge is 0.466 e. The van der Waals surface area contributed by atoms with Crippen LogP contribution in [-0.2, 0) is 9.53 Å². The number of carbonyl (C=O) groups excluding carboxylic acids is 1. The Morgan fingerprint density at radius 3 is 2.92 bits per heavy atom. The molecule has 1 saturated heterocycles. The molecule has 0 amide bonds. The van der Waals surface area contributed by atoms with Crippen molar-refractivity contribution < 1.29 is 18.3 Å². The van der Waals surface area contributed by atoms with Gasteiger partial charge in [0.15, 0.2) is 0 Å². The molecule has 0 aromatic heterocycles. The summed E-state index contributed by atoms with van der Waals surface area (Å²) >= 11 is 0. The third kappa shape index (κ3) is 2.37. The predicted octanol–water partition coefficient (Wildman–Crippen LogP) is 0.794. The monoisotopic (exact) mass is 193 g/mol. The summed E-state index contributed by atoms with van der Waals surface area (Å²) in [5.41, 5.74) is 0. The number of piperidine rings is 1. The van der Waals surface area contributed by atoms with Crippen LogP contribution >= 0.6 is 0 Å². The molecule has 0 saturated carbocycles. The average Bonchev–Trinajstić information content (AvgIpc) is 2.03. The van der Waals surface area contributed by atoms with E-state index in [0.29, 0.717) is 6.54 Å². The van der Waals surface area contributed by atoms with E-state index in [1.165, 1.54) is 0 Å². The van der Waals surface area contributed by atoms with Crippen LogP contribution in [0.2, 0.25) is 0 Å². The first-order valence-electron chi connectivity index (χ1n) is 4.33. The van der Waals surface area contributed by atoms with E-state index in [4.69, 9.17) is 0 Å². The van der Waals surface area contributed by atoms with Crippen molar-refractivity contribution in [2.75, 3.05) is 19.7 Å². The molecule has 1 heterocycles. The molecule has 1 atom stereocenters. The van der Waals surface area contributed by atoms with E-state index in [2.05, 4.69) is 10.1 Å². The lowest BCUT2D eigenvalue weighted by Gasteiger charge is -2.29. The minimum absolute atomic E-state index is 0.145. The molecule has 0 aliphatic carbocycles. The molecule has 0 aromatic carbocycles. The zero-order valence-electron chi connectivity index (χ0n) is 7.48. The number of hydrogen-bond acceptors (Lipinski definition) is 3. The quantitative estimate of drug-likeness (QED) is 0.659. The Morgan fingerprint density at radius 2 is 2.38 bits per heavy atom. The summed E-state index contributed by atoms with van der Waals surface area (Å²) in [5.74, 6) is -5.02. The number of esters is 1. The third-order valence-electron chi connectivity index (χ3n) is 2.05. The first kappa shape index (κ1) is 10.4. The fraction of sp³-hybridized carbons (Fsp3) is 0.875. The summed E-state index contributed by atoms with van der Waals surface area (Å²) < 4.78 is 30.7. The van der Waals surface area contributed by atoms with Gasteiger partial charge in [-0.25, -0.2) is 8.78 Å². The van der Waals surface area contributed by atoms with Gasteiger partial charge in [0.25, 0.3) is 5.92 Å². The second-order valence-electron chi connectivity index (χ2n) is 3.03. The fourth-order valence-corrected chi connectivity index (χ4v) is 1.37. The third-order valence-corrected chi connectivity index (χ3v) is 2.05. The van der Waals surface area contributed by atoms with Gasteiger partial charge in [0.2, 0.25) is 0 Å². The van der Waals surface area contributed by atoms with Crippen LogP contribution in [0.25, 0.3) is 0 Å². The first-order chi connectivity index (χ1) is 6.08. The van der Waals surface area contributed by atoms with E-state index in [0.717, 1.165) is 0 Å². The lowest BCUT2D eigenvalue weighted by Crippen LogP contribution is -2.49. The number of ether oxygens (including phenoxy) is 1. The molecule has 3 nitrogen and oxygen atoms in total. The van der Waals surface area contributed by atoms with Crippen molar-refractivity contribution in [3.05, 3.63) is 0 Å². The van der Waals surface area contributed by atoms with E-state index in [1.54, 1.807) is 6.92 Å². The number of alkyl halides is 2. The number of nitrogens with one attached hydrogen (secondary N) is 1. The molecule has 0 radical (unpaired) electrons. The number of halogens is 2. The molecule has 13 heavy (non-hydrogen) atoms. The van der Waals surface area contributed by atoms with Gasteiger partial charge in [-0.1, -0.05) is 0 Å². The summed E-state index contributed by atoms with van der Waals surface area (Å²) in [6.45, 7) is 1.77. The van der Waals surface area contributed by atoms with Gasteiger partial charge in [0.1, 0.15) is 5.92 Å². The highest BCUT2D eigenvalue weighted by Crippen LogP contribution is 2.30. The van der Waals surface area contributed by atoms with Gasteiger partial charge in [-0.05, 0) is 19.9 Å². The maximum absolute atomic E-state index is 13.1. The van der Waals surface area contributed by atoms with Gasteiger partial charge in [-0.2, -0.15) is 0 Å². The smallest absolute Gasteiger partial charge is 0.315 e. The lowest BCUT2D eigenvalue weighted by atomic mass is 9.94. The fourth-order valence-electron chi connectivity index (χ4n) is 1.37. The van der Waals surface area contributed by atoms with Crippen LogP contribution in [0, 0.1) is 5.92 Å². The highest BCUT2D eigenvalue weighted by atomic mass is 19.3. The summed E-state index contributed by atoms with van der Waals surface area (Å²) in [6, 6.07) is 0. The van der Waals surface area contributed by atoms with Crippen molar-refractivity contribution in [2.24, 2.45) is 5.92 Å². The predicted molar refractivity (Wildman–Crippen MR) is 42.6 cm³/mol. The van der Waals surface area contributed by atoms with E-state index in [9.17, 15) is 13.6 Å². The lowest BCUT2D eigenvalue weighted by molar-refractivity contribution is -0.165. The van der Waals surface area contributed by atoms with Crippen LogP contribution in [0.5, 0.6) is 0 Å². The Hall–Kier alpha value is -0.710. The Balaban J connectivity index is 2.59. The maximum atomic E-state index is 13.1. The molecule has 1 fully saturated rings. The van der Waals surface area contributed by atoms with Gasteiger partial charge in [-0.15, -0.1) is 0 Å². The van der Waals surface area contributed by atoms with Crippen molar-refractivity contribution in [3.63, 3.8) is 0 Å². The normalized spacial score (nSPS) is 26.8. The Kier molecular flexibility index (Phi) is 3.19. The average molecular weight is 193 g/mol. The number of rotatable bonds is 2. The van der Waals surface area contributed by atoms with Crippen molar-refractivity contribution in [1.82, 2.24) is 5.32 Å². The van der Waals surface area contributed by atoms with Crippen LogP contribution in [-0.4, -0.2) is 31.6 Å². The van der Waals surface area contributed by atoms with Crippen molar-refractivity contribution in [1.29, 1.82) is 0 Å². The second-order valence-corrected chi connectivity index (χ2v) is 3.03. The van der Waals surface area contributed by atoms with E-state index in [1.807, 2.05) is 0 Å². The SMILES string of the molecule is CCOC(=O)C1CCNCC1(F)F. The van der Waals surface area contributed by atoms with Crippen molar-refractivity contribution >= 4 is 5.97 Å². The van der Waals surface area contributed by atoms with Crippen LogP contribution < -0.4 is 5.32 Å². The summed E-state index contributed by atoms with van der Waals surface area (Å²) in [6.07, 6.45) is 0.145. The molecule has 1 aliphatic heterocycles. The molecule has 0 bridgehead atoms. The maximum Gasteiger partial charge on any atom is 0.315 e. The van der Waals surface area contributed by atoms with Crippen LogP contribution in [0.15, 0.2) is 0 Å². The second kappa shape index (κ2) is 4.00. The molecular formula is C8H13F2NO2. The minimum Gasteiger partial charge on any atom is -0.466 e. The standard InChI is InChI=1S/C8H13F2NO2/c1-2-13-7(12)6-3-4-11-5-8(6,9)10/h6,11H,2-5H2,1H3. The summed E-state index contributed by atoms with van der Waals surface area (Å²) in [5, 5.41) is 2.54. The van der Waals surface area contributed by atoms with Crippen molar-refractivity contribution in [2.45, 2.75) is 19.3 Å².